The number of ether oxygens (including phenoxy) is 4. The summed E-state index contributed by atoms with van der Waals surface area (Å²) in [7, 11) is -9.91. The minimum Gasteiger partial charge on any atom is -0.462 e. The average molecular weight is 1410 g/mol. The van der Waals surface area contributed by atoms with Gasteiger partial charge in [0.05, 0.1) is 26.4 Å². The van der Waals surface area contributed by atoms with Gasteiger partial charge in [-0.15, -0.1) is 0 Å². The molecule has 0 aliphatic heterocycles. The van der Waals surface area contributed by atoms with Gasteiger partial charge in [0, 0.05) is 25.7 Å². The smallest absolute Gasteiger partial charge is 0.462 e. The molecular formula is C77H150O17P2. The molecule has 96 heavy (non-hydrogen) atoms. The van der Waals surface area contributed by atoms with Crippen molar-refractivity contribution in [2.75, 3.05) is 39.6 Å². The summed E-state index contributed by atoms with van der Waals surface area (Å²) in [4.78, 5) is 72.8. The maximum absolute atomic E-state index is 13.1. The van der Waals surface area contributed by atoms with Gasteiger partial charge in [-0.05, 0) is 49.4 Å². The molecule has 17 nitrogen and oxygen atoms in total. The second-order valence-electron chi connectivity index (χ2n) is 28.9. The molecule has 0 fully saturated rings. The monoisotopic (exact) mass is 1410 g/mol. The van der Waals surface area contributed by atoms with Crippen molar-refractivity contribution >= 4 is 39.5 Å². The number of carbonyl (C=O) groups is 4. The largest absolute Gasteiger partial charge is 0.472 e. The number of carbonyl (C=O) groups excluding carboxylic acids is 4. The van der Waals surface area contributed by atoms with E-state index in [0.717, 1.165) is 114 Å². The maximum atomic E-state index is 13.1. The van der Waals surface area contributed by atoms with Gasteiger partial charge in [0.1, 0.15) is 19.3 Å². The van der Waals surface area contributed by atoms with Crippen molar-refractivity contribution in [2.24, 2.45) is 23.7 Å². The Morgan fingerprint density at radius 3 is 0.740 bits per heavy atom. The number of phosphoric ester groups is 2. The highest BCUT2D eigenvalue weighted by Gasteiger charge is 2.30. The van der Waals surface area contributed by atoms with Crippen LogP contribution in [0.3, 0.4) is 0 Å². The van der Waals surface area contributed by atoms with E-state index < -0.39 is 97.5 Å². The summed E-state index contributed by atoms with van der Waals surface area (Å²) in [6.45, 7) is 14.2. The molecule has 0 bridgehead atoms. The third-order valence-corrected chi connectivity index (χ3v) is 20.8. The highest BCUT2D eigenvalue weighted by atomic mass is 31.2. The van der Waals surface area contributed by atoms with E-state index in [1.165, 1.54) is 186 Å². The predicted octanol–water partition coefficient (Wildman–Crippen LogP) is 22.4. The number of hydrogen-bond donors (Lipinski definition) is 3. The molecule has 19 heteroatoms. The van der Waals surface area contributed by atoms with Gasteiger partial charge in [-0.3, -0.25) is 37.3 Å². The van der Waals surface area contributed by atoms with Gasteiger partial charge < -0.3 is 33.8 Å². The van der Waals surface area contributed by atoms with Crippen molar-refractivity contribution in [2.45, 2.75) is 408 Å². The minimum absolute atomic E-state index is 0.104. The molecule has 0 aromatic heterocycles. The van der Waals surface area contributed by atoms with Crippen LogP contribution in [-0.4, -0.2) is 96.7 Å². The fourth-order valence-corrected chi connectivity index (χ4v) is 13.2. The number of aliphatic hydroxyl groups is 1. The van der Waals surface area contributed by atoms with Gasteiger partial charge in [0.2, 0.25) is 0 Å². The second kappa shape index (κ2) is 66.3. The number of aliphatic hydroxyl groups excluding tert-OH is 1. The number of phosphoric acid groups is 2. The summed E-state index contributed by atoms with van der Waals surface area (Å²) >= 11 is 0. The summed E-state index contributed by atoms with van der Waals surface area (Å²) in [6, 6.07) is 0. The molecule has 0 aliphatic rings. The van der Waals surface area contributed by atoms with Crippen LogP contribution in [0.4, 0.5) is 0 Å². The van der Waals surface area contributed by atoms with Crippen LogP contribution in [0.5, 0.6) is 0 Å². The van der Waals surface area contributed by atoms with Crippen LogP contribution < -0.4 is 0 Å². The Hall–Kier alpha value is -1.94. The van der Waals surface area contributed by atoms with Gasteiger partial charge in [-0.1, -0.05) is 338 Å². The Kier molecular flexibility index (Phi) is 65.0. The van der Waals surface area contributed by atoms with Gasteiger partial charge >= 0.3 is 39.5 Å². The first kappa shape index (κ1) is 94.1. The van der Waals surface area contributed by atoms with Crippen LogP contribution in [0.2, 0.25) is 0 Å². The molecule has 0 aromatic carbocycles. The fraction of sp³-hybridized carbons (Fsp3) is 0.948. The molecule has 0 rings (SSSR count). The molecule has 0 amide bonds. The second-order valence-corrected chi connectivity index (χ2v) is 31.9. The molecule has 8 atom stereocenters. The van der Waals surface area contributed by atoms with Gasteiger partial charge in [0.15, 0.2) is 12.2 Å². The van der Waals surface area contributed by atoms with Crippen molar-refractivity contribution in [1.29, 1.82) is 0 Å². The Balaban J connectivity index is 5.20. The summed E-state index contributed by atoms with van der Waals surface area (Å²) in [5.74, 6) is 1.000. The molecule has 570 valence electrons. The lowest BCUT2D eigenvalue weighted by Crippen LogP contribution is -2.30. The van der Waals surface area contributed by atoms with Gasteiger partial charge in [-0.25, -0.2) is 9.13 Å². The summed E-state index contributed by atoms with van der Waals surface area (Å²) in [5, 5.41) is 10.6. The normalized spacial score (nSPS) is 15.0. The van der Waals surface area contributed by atoms with E-state index in [2.05, 4.69) is 55.4 Å². The van der Waals surface area contributed by atoms with Crippen LogP contribution in [0.25, 0.3) is 0 Å². The lowest BCUT2D eigenvalue weighted by atomic mass is 9.99. The van der Waals surface area contributed by atoms with E-state index in [-0.39, 0.29) is 25.7 Å². The van der Waals surface area contributed by atoms with E-state index >= 15 is 0 Å². The molecule has 3 N–H and O–H groups in total. The molecule has 0 heterocycles. The van der Waals surface area contributed by atoms with Gasteiger partial charge in [0.25, 0.3) is 0 Å². The van der Waals surface area contributed by atoms with Crippen molar-refractivity contribution in [3.63, 3.8) is 0 Å². The average Bonchev–Trinajstić information content (AvgIpc) is 1.11. The first-order valence-corrected chi connectivity index (χ1v) is 42.8. The van der Waals surface area contributed by atoms with Crippen molar-refractivity contribution in [3.8, 4) is 0 Å². The topological polar surface area (TPSA) is 237 Å². The molecule has 6 unspecified atom stereocenters. The van der Waals surface area contributed by atoms with E-state index in [1.807, 2.05) is 0 Å². The number of rotatable bonds is 74. The Morgan fingerprint density at radius 2 is 0.500 bits per heavy atom. The minimum atomic E-state index is -4.96. The third-order valence-electron chi connectivity index (χ3n) is 18.9. The first-order valence-electron chi connectivity index (χ1n) is 39.8. The Bertz CT molecular complexity index is 1890. The van der Waals surface area contributed by atoms with Gasteiger partial charge in [-0.2, -0.15) is 0 Å². The molecule has 0 saturated carbocycles. The van der Waals surface area contributed by atoms with Crippen molar-refractivity contribution < 1.29 is 80.2 Å². The lowest BCUT2D eigenvalue weighted by Gasteiger charge is -2.21. The van der Waals surface area contributed by atoms with Crippen LogP contribution >= 0.6 is 15.6 Å². The number of hydrogen-bond acceptors (Lipinski definition) is 15. The Labute approximate surface area is 588 Å². The van der Waals surface area contributed by atoms with Crippen LogP contribution in [-0.2, 0) is 65.4 Å². The van der Waals surface area contributed by atoms with E-state index in [9.17, 15) is 43.2 Å². The molecular weight excluding hydrogens is 1260 g/mol. The molecule has 0 aliphatic carbocycles. The van der Waals surface area contributed by atoms with E-state index in [1.54, 1.807) is 0 Å². The highest BCUT2D eigenvalue weighted by Crippen LogP contribution is 2.45. The van der Waals surface area contributed by atoms with E-state index in [0.29, 0.717) is 31.6 Å². The number of unbranched alkanes of at least 4 members (excludes halogenated alkanes) is 37. The zero-order valence-electron chi connectivity index (χ0n) is 63.0. The van der Waals surface area contributed by atoms with Crippen LogP contribution in [0.15, 0.2) is 0 Å². The zero-order valence-corrected chi connectivity index (χ0v) is 64.8. The first-order chi connectivity index (χ1) is 46.2. The van der Waals surface area contributed by atoms with Crippen LogP contribution in [0, 0.1) is 23.7 Å². The highest BCUT2D eigenvalue weighted by molar-refractivity contribution is 7.47. The molecule has 0 radical (unpaired) electrons. The quantitative estimate of drug-likeness (QED) is 0.0222. The summed E-state index contributed by atoms with van der Waals surface area (Å²) in [5.41, 5.74) is 0. The standard InChI is InChI=1S/C77H150O17P2/c1-9-68(6)54-46-38-30-22-20-18-16-14-12-13-15-17-19-21-23-34-43-51-59-76(81)93-72(63-87-74(79)57-49-41-33-26-24-31-39-47-55-69(7)10-2)65-91-95(83,84)89-61-71(78)62-90-96(85,86)92-66-73(64-88-75(80)58-50-42-36-28-29-37-45-53-67(4)5)94-77(82)60-52-44-35-27-25-32-40-48-56-70(8)11-3/h67-73,78H,9-66H2,1-8H3,(H,83,84)(H,85,86)/t68?,69?,70?,71?,72-,73-/m1/s1. The van der Waals surface area contributed by atoms with Crippen molar-refractivity contribution in [1.82, 2.24) is 0 Å². The third kappa shape index (κ3) is 66.6. The molecule has 0 aromatic rings. The summed E-state index contributed by atoms with van der Waals surface area (Å²) < 4.78 is 68.5. The van der Waals surface area contributed by atoms with Crippen LogP contribution in [0.1, 0.15) is 389 Å². The molecule has 0 spiro atoms. The maximum Gasteiger partial charge on any atom is 0.472 e. The van der Waals surface area contributed by atoms with Crippen molar-refractivity contribution in [3.05, 3.63) is 0 Å². The predicted molar refractivity (Wildman–Crippen MR) is 391 cm³/mol. The Morgan fingerprint density at radius 1 is 0.292 bits per heavy atom. The molecule has 0 saturated heterocycles. The summed E-state index contributed by atoms with van der Waals surface area (Å²) in [6.07, 6.45) is 51.4. The fourth-order valence-electron chi connectivity index (χ4n) is 11.6. The zero-order chi connectivity index (χ0) is 71.0. The number of esters is 4. The SMILES string of the molecule is CCC(C)CCCCCCCCCCCCCCCCCCCCC(=O)O[C@H](COC(=O)CCCCCCCCCCC(C)CC)COP(=O)(O)OCC(O)COP(=O)(O)OC[C@@H](COC(=O)CCCCCCCCCC(C)C)OC(=O)CCCCCCCCCCC(C)CC. The lowest BCUT2D eigenvalue weighted by molar-refractivity contribution is -0.161. The van der Waals surface area contributed by atoms with E-state index in [4.69, 9.17) is 37.0 Å².